The first kappa shape index (κ1) is 19.1. The van der Waals surface area contributed by atoms with Gasteiger partial charge in [0, 0.05) is 25.1 Å². The van der Waals surface area contributed by atoms with Crippen molar-refractivity contribution in [3.8, 4) is 17.1 Å². The van der Waals surface area contributed by atoms with Gasteiger partial charge in [0.15, 0.2) is 12.4 Å². The standard InChI is InChI=1S/C22H23FN4O2/c23-18-6-8-19(9-7-18)29-15-21(28)27-12-10-16(11-13-27)14-20-24-22(26-25-20)17-4-2-1-3-5-17/h1-9,16H,10-15H2,(H,24,25,26). The number of amides is 1. The molecule has 150 valence electrons. The molecule has 1 saturated heterocycles. The Balaban J connectivity index is 1.23. The fourth-order valence-corrected chi connectivity index (χ4v) is 3.53. The number of carbonyl (C=O) groups excluding carboxylic acids is 1. The predicted molar refractivity (Wildman–Crippen MR) is 107 cm³/mol. The maximum absolute atomic E-state index is 12.9. The molecular formula is C22H23FN4O2. The van der Waals surface area contributed by atoms with E-state index in [-0.39, 0.29) is 18.3 Å². The van der Waals surface area contributed by atoms with E-state index in [1.807, 2.05) is 35.2 Å². The molecule has 29 heavy (non-hydrogen) atoms. The molecule has 6 nitrogen and oxygen atoms in total. The molecule has 0 aliphatic carbocycles. The molecule has 1 aliphatic heterocycles. The first-order valence-electron chi connectivity index (χ1n) is 9.80. The average molecular weight is 394 g/mol. The smallest absolute Gasteiger partial charge is 0.260 e. The minimum Gasteiger partial charge on any atom is -0.484 e. The summed E-state index contributed by atoms with van der Waals surface area (Å²) in [6, 6.07) is 15.6. The topological polar surface area (TPSA) is 71.1 Å². The number of benzene rings is 2. The van der Waals surface area contributed by atoms with Crippen LogP contribution in [0.5, 0.6) is 5.75 Å². The lowest BCUT2D eigenvalue weighted by atomic mass is 9.93. The number of hydrogen-bond acceptors (Lipinski definition) is 4. The van der Waals surface area contributed by atoms with E-state index in [1.165, 1.54) is 24.3 Å². The van der Waals surface area contributed by atoms with Gasteiger partial charge in [-0.25, -0.2) is 9.37 Å². The van der Waals surface area contributed by atoms with Gasteiger partial charge in [-0.2, -0.15) is 5.10 Å². The molecule has 0 atom stereocenters. The molecule has 3 aromatic rings. The molecule has 0 radical (unpaired) electrons. The van der Waals surface area contributed by atoms with Crippen LogP contribution < -0.4 is 4.74 Å². The van der Waals surface area contributed by atoms with Crippen LogP contribution in [0.1, 0.15) is 18.7 Å². The van der Waals surface area contributed by atoms with Crippen molar-refractivity contribution in [2.75, 3.05) is 19.7 Å². The summed E-state index contributed by atoms with van der Waals surface area (Å²) in [6.07, 6.45) is 2.67. The highest BCUT2D eigenvalue weighted by molar-refractivity contribution is 5.77. The Bertz CT molecular complexity index is 935. The van der Waals surface area contributed by atoms with Gasteiger partial charge in [0.25, 0.3) is 5.91 Å². The van der Waals surface area contributed by atoms with E-state index in [9.17, 15) is 9.18 Å². The molecule has 2 heterocycles. The molecule has 1 amide bonds. The predicted octanol–water partition coefficient (Wildman–Crippen LogP) is 3.47. The first-order valence-corrected chi connectivity index (χ1v) is 9.80. The fourth-order valence-electron chi connectivity index (χ4n) is 3.53. The van der Waals surface area contributed by atoms with Gasteiger partial charge in [-0.1, -0.05) is 30.3 Å². The monoisotopic (exact) mass is 394 g/mol. The van der Waals surface area contributed by atoms with Gasteiger partial charge < -0.3 is 9.64 Å². The van der Waals surface area contributed by atoms with E-state index >= 15 is 0 Å². The zero-order chi connectivity index (χ0) is 20.1. The van der Waals surface area contributed by atoms with Crippen molar-refractivity contribution in [1.29, 1.82) is 0 Å². The Hall–Kier alpha value is -3.22. The third-order valence-electron chi connectivity index (χ3n) is 5.19. The molecule has 2 aromatic carbocycles. The fraction of sp³-hybridized carbons (Fsp3) is 0.318. The van der Waals surface area contributed by atoms with E-state index in [1.54, 1.807) is 0 Å². The summed E-state index contributed by atoms with van der Waals surface area (Å²) in [4.78, 5) is 18.8. The number of piperidine rings is 1. The van der Waals surface area contributed by atoms with E-state index in [0.717, 1.165) is 30.7 Å². The van der Waals surface area contributed by atoms with Gasteiger partial charge in [0.05, 0.1) is 0 Å². The SMILES string of the molecule is O=C(COc1ccc(F)cc1)N1CCC(Cc2nc(-c3ccccc3)n[nH]2)CC1. The third kappa shape index (κ3) is 4.99. The number of rotatable bonds is 6. The van der Waals surface area contributed by atoms with Crippen LogP contribution in [-0.2, 0) is 11.2 Å². The lowest BCUT2D eigenvalue weighted by molar-refractivity contribution is -0.134. The zero-order valence-corrected chi connectivity index (χ0v) is 16.1. The summed E-state index contributed by atoms with van der Waals surface area (Å²) < 4.78 is 18.4. The third-order valence-corrected chi connectivity index (χ3v) is 5.19. The van der Waals surface area contributed by atoms with E-state index in [4.69, 9.17) is 4.74 Å². The molecule has 0 bridgehead atoms. The van der Waals surface area contributed by atoms with Gasteiger partial charge in [-0.05, 0) is 43.0 Å². The number of aromatic nitrogens is 3. The molecule has 1 aromatic heterocycles. The van der Waals surface area contributed by atoms with Crippen LogP contribution in [-0.4, -0.2) is 45.7 Å². The molecule has 1 N–H and O–H groups in total. The van der Waals surface area contributed by atoms with Gasteiger partial charge in [0.2, 0.25) is 0 Å². The van der Waals surface area contributed by atoms with Crippen LogP contribution in [0.3, 0.4) is 0 Å². The maximum Gasteiger partial charge on any atom is 0.260 e. The van der Waals surface area contributed by atoms with Crippen molar-refractivity contribution in [3.05, 3.63) is 66.2 Å². The van der Waals surface area contributed by atoms with Crippen LogP contribution in [0.15, 0.2) is 54.6 Å². The normalized spacial score (nSPS) is 14.7. The summed E-state index contributed by atoms with van der Waals surface area (Å²) in [6.45, 7) is 1.38. The number of carbonyl (C=O) groups is 1. The van der Waals surface area contributed by atoms with Gasteiger partial charge >= 0.3 is 0 Å². The Morgan fingerprint density at radius 3 is 2.55 bits per heavy atom. The molecule has 0 unspecified atom stereocenters. The Morgan fingerprint density at radius 2 is 1.83 bits per heavy atom. The minimum absolute atomic E-state index is 0.0289. The number of nitrogens with one attached hydrogen (secondary N) is 1. The lowest BCUT2D eigenvalue weighted by Crippen LogP contribution is -2.41. The molecular weight excluding hydrogens is 371 g/mol. The quantitative estimate of drug-likeness (QED) is 0.695. The average Bonchev–Trinajstić information content (AvgIpc) is 3.23. The number of ether oxygens (including phenoxy) is 1. The van der Waals surface area contributed by atoms with Crippen molar-refractivity contribution in [1.82, 2.24) is 20.1 Å². The second-order valence-corrected chi connectivity index (χ2v) is 7.24. The molecule has 0 spiro atoms. The number of halogens is 1. The van der Waals surface area contributed by atoms with E-state index < -0.39 is 0 Å². The Morgan fingerprint density at radius 1 is 1.10 bits per heavy atom. The second-order valence-electron chi connectivity index (χ2n) is 7.24. The minimum atomic E-state index is -0.326. The van der Waals surface area contributed by atoms with Crippen molar-refractivity contribution in [2.24, 2.45) is 5.92 Å². The Kier molecular flexibility index (Phi) is 5.84. The summed E-state index contributed by atoms with van der Waals surface area (Å²) >= 11 is 0. The maximum atomic E-state index is 12.9. The van der Waals surface area contributed by atoms with Crippen LogP contribution in [0.4, 0.5) is 4.39 Å². The number of likely N-dealkylation sites (tertiary alicyclic amines) is 1. The molecule has 1 aliphatic rings. The van der Waals surface area contributed by atoms with Crippen molar-refractivity contribution >= 4 is 5.91 Å². The van der Waals surface area contributed by atoms with Gasteiger partial charge in [-0.3, -0.25) is 9.89 Å². The van der Waals surface area contributed by atoms with Crippen molar-refractivity contribution in [2.45, 2.75) is 19.3 Å². The first-order chi connectivity index (χ1) is 14.2. The zero-order valence-electron chi connectivity index (χ0n) is 16.1. The number of nitrogens with zero attached hydrogens (tertiary/aromatic N) is 3. The number of aromatic amines is 1. The Labute approximate surface area is 168 Å². The van der Waals surface area contributed by atoms with Crippen LogP contribution in [0.2, 0.25) is 0 Å². The highest BCUT2D eigenvalue weighted by atomic mass is 19.1. The number of hydrogen-bond donors (Lipinski definition) is 1. The van der Waals surface area contributed by atoms with Gasteiger partial charge in [-0.15, -0.1) is 0 Å². The van der Waals surface area contributed by atoms with E-state index in [2.05, 4.69) is 15.2 Å². The summed E-state index contributed by atoms with van der Waals surface area (Å²) in [5.74, 6) is 2.19. The van der Waals surface area contributed by atoms with Crippen LogP contribution >= 0.6 is 0 Å². The summed E-state index contributed by atoms with van der Waals surface area (Å²) in [5, 5.41) is 7.35. The van der Waals surface area contributed by atoms with Crippen LogP contribution in [0.25, 0.3) is 11.4 Å². The second kappa shape index (κ2) is 8.86. The largest absolute Gasteiger partial charge is 0.484 e. The van der Waals surface area contributed by atoms with Gasteiger partial charge in [0.1, 0.15) is 17.4 Å². The summed E-state index contributed by atoms with van der Waals surface area (Å²) in [5.41, 5.74) is 0.997. The molecule has 0 saturated carbocycles. The molecule has 1 fully saturated rings. The van der Waals surface area contributed by atoms with E-state index in [0.29, 0.717) is 30.6 Å². The highest BCUT2D eigenvalue weighted by Crippen LogP contribution is 2.22. The highest BCUT2D eigenvalue weighted by Gasteiger charge is 2.24. The summed E-state index contributed by atoms with van der Waals surface area (Å²) in [7, 11) is 0. The van der Waals surface area contributed by atoms with Crippen molar-refractivity contribution < 1.29 is 13.9 Å². The van der Waals surface area contributed by atoms with Crippen LogP contribution in [0, 0.1) is 11.7 Å². The molecule has 7 heteroatoms. The molecule has 4 rings (SSSR count). The van der Waals surface area contributed by atoms with Crippen molar-refractivity contribution in [3.63, 3.8) is 0 Å². The number of H-pyrrole nitrogens is 1. The lowest BCUT2D eigenvalue weighted by Gasteiger charge is -2.31.